The maximum atomic E-state index is 12.6. The standard InChI is InChI=1S/C13H17BF2O4S/c1-12(2)13(3,4)20-14(19-12)9-6-5-7-10(8-9)21(17,18)11(15)16/h5-8,11H,1-4H3. The number of halogens is 2. The summed E-state index contributed by atoms with van der Waals surface area (Å²) in [5.41, 5.74) is -0.778. The lowest BCUT2D eigenvalue weighted by Gasteiger charge is -2.32. The van der Waals surface area contributed by atoms with Crippen molar-refractivity contribution in [3.8, 4) is 0 Å². The molecule has 0 atom stereocenters. The van der Waals surface area contributed by atoms with Gasteiger partial charge in [-0.05, 0) is 45.3 Å². The Kier molecular flexibility index (Phi) is 3.93. The van der Waals surface area contributed by atoms with Gasteiger partial charge in [-0.1, -0.05) is 12.1 Å². The number of alkyl halides is 2. The summed E-state index contributed by atoms with van der Waals surface area (Å²) in [6.07, 6.45) is 0. The van der Waals surface area contributed by atoms with Crippen molar-refractivity contribution in [2.75, 3.05) is 0 Å². The molecule has 2 rings (SSSR count). The van der Waals surface area contributed by atoms with E-state index in [1.165, 1.54) is 12.1 Å². The quantitative estimate of drug-likeness (QED) is 0.800. The molecule has 0 aromatic heterocycles. The second kappa shape index (κ2) is 5.03. The van der Waals surface area contributed by atoms with Gasteiger partial charge in [0.25, 0.3) is 0 Å². The second-order valence-electron chi connectivity index (χ2n) is 5.97. The van der Waals surface area contributed by atoms with Crippen LogP contribution in [0, 0.1) is 0 Å². The molecule has 0 spiro atoms. The number of sulfone groups is 1. The normalized spacial score (nSPS) is 21.0. The van der Waals surface area contributed by atoms with Gasteiger partial charge in [0.1, 0.15) is 0 Å². The Hall–Kier alpha value is -0.985. The van der Waals surface area contributed by atoms with Gasteiger partial charge in [0, 0.05) is 0 Å². The van der Waals surface area contributed by atoms with E-state index in [1.54, 1.807) is 6.07 Å². The number of benzene rings is 1. The molecule has 1 aliphatic heterocycles. The SMILES string of the molecule is CC1(C)OB(c2cccc(S(=O)(=O)C(F)F)c2)OC1(C)C. The first-order chi connectivity index (χ1) is 9.47. The molecule has 1 aliphatic rings. The van der Waals surface area contributed by atoms with Crippen LogP contribution >= 0.6 is 0 Å². The van der Waals surface area contributed by atoms with E-state index in [9.17, 15) is 17.2 Å². The molecular weight excluding hydrogens is 301 g/mol. The zero-order valence-corrected chi connectivity index (χ0v) is 13.1. The third kappa shape index (κ3) is 2.84. The Balaban J connectivity index is 2.37. The average Bonchev–Trinajstić information content (AvgIpc) is 2.58. The number of hydrogen-bond donors (Lipinski definition) is 0. The molecule has 116 valence electrons. The van der Waals surface area contributed by atoms with E-state index in [-0.39, 0.29) is 0 Å². The Morgan fingerprint density at radius 3 is 2.10 bits per heavy atom. The second-order valence-corrected chi connectivity index (χ2v) is 7.88. The molecule has 1 aromatic carbocycles. The van der Waals surface area contributed by atoms with E-state index in [0.29, 0.717) is 5.46 Å². The molecule has 8 heteroatoms. The first-order valence-electron chi connectivity index (χ1n) is 6.45. The summed E-state index contributed by atoms with van der Waals surface area (Å²) >= 11 is 0. The molecular formula is C13H17BF2O4S. The van der Waals surface area contributed by atoms with Crippen molar-refractivity contribution < 1.29 is 26.5 Å². The fourth-order valence-electron chi connectivity index (χ4n) is 1.92. The van der Waals surface area contributed by atoms with Crippen LogP contribution in [0.5, 0.6) is 0 Å². The van der Waals surface area contributed by atoms with Gasteiger partial charge in [-0.2, -0.15) is 8.78 Å². The molecule has 1 heterocycles. The van der Waals surface area contributed by atoms with Gasteiger partial charge in [-0.15, -0.1) is 0 Å². The summed E-state index contributed by atoms with van der Waals surface area (Å²) in [6, 6.07) is 5.29. The summed E-state index contributed by atoms with van der Waals surface area (Å²) in [7, 11) is -5.42. The molecule has 0 amide bonds. The minimum absolute atomic E-state index is 0.398. The van der Waals surface area contributed by atoms with Crippen LogP contribution in [0.2, 0.25) is 0 Å². The van der Waals surface area contributed by atoms with E-state index >= 15 is 0 Å². The summed E-state index contributed by atoms with van der Waals surface area (Å²) in [4.78, 5) is -0.440. The van der Waals surface area contributed by atoms with E-state index in [1.807, 2.05) is 27.7 Å². The van der Waals surface area contributed by atoms with Crippen molar-refractivity contribution in [1.29, 1.82) is 0 Å². The molecule has 0 saturated carbocycles. The largest absolute Gasteiger partial charge is 0.494 e. The Morgan fingerprint density at radius 2 is 1.62 bits per heavy atom. The molecule has 0 bridgehead atoms. The van der Waals surface area contributed by atoms with Crippen LogP contribution in [0.15, 0.2) is 29.2 Å². The lowest BCUT2D eigenvalue weighted by atomic mass is 9.79. The monoisotopic (exact) mass is 318 g/mol. The van der Waals surface area contributed by atoms with E-state index in [2.05, 4.69) is 0 Å². The third-order valence-corrected chi connectivity index (χ3v) is 5.33. The molecule has 1 saturated heterocycles. The van der Waals surface area contributed by atoms with Crippen molar-refractivity contribution in [3.63, 3.8) is 0 Å². The average molecular weight is 318 g/mol. The molecule has 21 heavy (non-hydrogen) atoms. The van der Waals surface area contributed by atoms with E-state index in [4.69, 9.17) is 9.31 Å². The van der Waals surface area contributed by atoms with Crippen LogP contribution in [-0.4, -0.2) is 32.5 Å². The van der Waals surface area contributed by atoms with Gasteiger partial charge in [-0.25, -0.2) is 8.42 Å². The van der Waals surface area contributed by atoms with Crippen LogP contribution in [0.4, 0.5) is 8.78 Å². The van der Waals surface area contributed by atoms with Crippen molar-refractivity contribution >= 4 is 22.4 Å². The molecule has 0 N–H and O–H groups in total. The molecule has 1 aromatic rings. The van der Waals surface area contributed by atoms with E-state index < -0.39 is 38.8 Å². The first kappa shape index (κ1) is 16.4. The topological polar surface area (TPSA) is 52.6 Å². The molecule has 0 unspecified atom stereocenters. The van der Waals surface area contributed by atoms with Gasteiger partial charge >= 0.3 is 12.9 Å². The Morgan fingerprint density at radius 1 is 1.10 bits per heavy atom. The van der Waals surface area contributed by atoms with Crippen LogP contribution < -0.4 is 5.46 Å². The zero-order chi connectivity index (χ0) is 16.1. The fourth-order valence-corrected chi connectivity index (χ4v) is 2.69. The molecule has 0 radical (unpaired) electrons. The minimum atomic E-state index is -4.63. The summed E-state index contributed by atoms with van der Waals surface area (Å²) in [6.45, 7) is 7.42. The smallest absolute Gasteiger partial charge is 0.399 e. The van der Waals surface area contributed by atoms with Crippen molar-refractivity contribution in [2.24, 2.45) is 0 Å². The highest BCUT2D eigenvalue weighted by Gasteiger charge is 2.51. The van der Waals surface area contributed by atoms with Gasteiger partial charge in [-0.3, -0.25) is 0 Å². The zero-order valence-electron chi connectivity index (χ0n) is 12.3. The maximum Gasteiger partial charge on any atom is 0.494 e. The number of hydrogen-bond acceptors (Lipinski definition) is 4. The first-order valence-corrected chi connectivity index (χ1v) is 8.00. The highest BCUT2D eigenvalue weighted by atomic mass is 32.2. The minimum Gasteiger partial charge on any atom is -0.399 e. The molecule has 1 fully saturated rings. The van der Waals surface area contributed by atoms with Gasteiger partial charge in [0.15, 0.2) is 0 Å². The van der Waals surface area contributed by atoms with Crippen LogP contribution in [-0.2, 0) is 19.1 Å². The summed E-state index contributed by atoms with van der Waals surface area (Å²) in [5.74, 6) is -3.45. The summed E-state index contributed by atoms with van der Waals surface area (Å²) < 4.78 is 59.8. The summed E-state index contributed by atoms with van der Waals surface area (Å²) in [5, 5.41) is 0. The van der Waals surface area contributed by atoms with Crippen LogP contribution in [0.1, 0.15) is 27.7 Å². The number of rotatable bonds is 3. The maximum absolute atomic E-state index is 12.6. The van der Waals surface area contributed by atoms with Gasteiger partial charge < -0.3 is 9.31 Å². The van der Waals surface area contributed by atoms with Crippen molar-refractivity contribution in [1.82, 2.24) is 0 Å². The van der Waals surface area contributed by atoms with Crippen LogP contribution in [0.3, 0.4) is 0 Å². The van der Waals surface area contributed by atoms with Crippen molar-refractivity contribution in [2.45, 2.75) is 49.6 Å². The van der Waals surface area contributed by atoms with Gasteiger partial charge in [0.05, 0.1) is 16.1 Å². The molecule has 4 nitrogen and oxygen atoms in total. The Bertz CT molecular complexity index is 627. The highest BCUT2D eigenvalue weighted by molar-refractivity contribution is 7.91. The third-order valence-electron chi connectivity index (χ3n) is 3.95. The lowest BCUT2D eigenvalue weighted by Crippen LogP contribution is -2.41. The fraction of sp³-hybridized carbons (Fsp3) is 0.538. The lowest BCUT2D eigenvalue weighted by molar-refractivity contribution is 0.00578. The van der Waals surface area contributed by atoms with E-state index in [0.717, 1.165) is 6.07 Å². The molecule has 0 aliphatic carbocycles. The van der Waals surface area contributed by atoms with Crippen molar-refractivity contribution in [3.05, 3.63) is 24.3 Å². The highest BCUT2D eigenvalue weighted by Crippen LogP contribution is 2.36. The predicted molar refractivity (Wildman–Crippen MR) is 75.3 cm³/mol. The van der Waals surface area contributed by atoms with Gasteiger partial charge in [0.2, 0.25) is 9.84 Å². The predicted octanol–water partition coefficient (Wildman–Crippen LogP) is 1.98. The van der Waals surface area contributed by atoms with Crippen LogP contribution in [0.25, 0.3) is 0 Å². The Labute approximate surface area is 123 Å².